The molecule has 0 aliphatic carbocycles. The molecule has 2 N–H and O–H groups in total. The van der Waals surface area contributed by atoms with Crippen LogP contribution in [-0.2, 0) is 10.0 Å². The maximum absolute atomic E-state index is 12.5. The van der Waals surface area contributed by atoms with Crippen molar-refractivity contribution in [1.82, 2.24) is 0 Å². The number of ether oxygens (including phenoxy) is 1. The predicted molar refractivity (Wildman–Crippen MR) is 114 cm³/mol. The van der Waals surface area contributed by atoms with Gasteiger partial charge < -0.3 is 10.1 Å². The Balaban J connectivity index is 1.68. The van der Waals surface area contributed by atoms with Crippen LogP contribution >= 0.6 is 0 Å². The van der Waals surface area contributed by atoms with Crippen molar-refractivity contribution >= 4 is 27.3 Å². The molecule has 150 valence electrons. The van der Waals surface area contributed by atoms with Gasteiger partial charge in [-0.15, -0.1) is 0 Å². The highest BCUT2D eigenvalue weighted by atomic mass is 32.2. The van der Waals surface area contributed by atoms with Crippen LogP contribution in [0.2, 0.25) is 0 Å². The van der Waals surface area contributed by atoms with Gasteiger partial charge in [-0.1, -0.05) is 31.2 Å². The number of rotatable bonds is 8. The van der Waals surface area contributed by atoms with Crippen LogP contribution in [0.3, 0.4) is 0 Å². The minimum absolute atomic E-state index is 0.106. The van der Waals surface area contributed by atoms with Crippen LogP contribution in [0.25, 0.3) is 0 Å². The summed E-state index contributed by atoms with van der Waals surface area (Å²) in [5.74, 6) is 0.331. The Labute approximate surface area is 170 Å². The lowest BCUT2D eigenvalue weighted by molar-refractivity contribution is 0.102. The minimum atomic E-state index is -3.70. The summed E-state index contributed by atoms with van der Waals surface area (Å²) in [6, 6.07) is 21.6. The van der Waals surface area contributed by atoms with Crippen LogP contribution in [0.5, 0.6) is 5.75 Å². The summed E-state index contributed by atoms with van der Waals surface area (Å²) in [5.41, 5.74) is 1.43. The van der Waals surface area contributed by atoms with Crippen molar-refractivity contribution in [2.75, 3.05) is 16.6 Å². The molecular weight excluding hydrogens is 388 g/mol. The monoisotopic (exact) mass is 410 g/mol. The zero-order chi connectivity index (χ0) is 20.7. The first-order chi connectivity index (χ1) is 14.0. The topological polar surface area (TPSA) is 84.5 Å². The van der Waals surface area contributed by atoms with Crippen molar-refractivity contribution in [1.29, 1.82) is 0 Å². The van der Waals surface area contributed by atoms with E-state index in [1.165, 1.54) is 12.1 Å². The van der Waals surface area contributed by atoms with Crippen molar-refractivity contribution in [3.05, 3.63) is 84.4 Å². The second-order valence-electron chi connectivity index (χ2n) is 6.33. The molecule has 1 amide bonds. The van der Waals surface area contributed by atoms with E-state index in [-0.39, 0.29) is 10.8 Å². The fourth-order valence-electron chi connectivity index (χ4n) is 2.59. The molecular formula is C22H22N2O4S. The Kier molecular flexibility index (Phi) is 6.51. The van der Waals surface area contributed by atoms with E-state index >= 15 is 0 Å². The molecule has 0 unspecified atom stereocenters. The van der Waals surface area contributed by atoms with Gasteiger partial charge in [-0.05, 0) is 61.0 Å². The molecule has 3 aromatic carbocycles. The number of hydrogen-bond acceptors (Lipinski definition) is 4. The van der Waals surface area contributed by atoms with Crippen molar-refractivity contribution < 1.29 is 17.9 Å². The first-order valence-electron chi connectivity index (χ1n) is 9.20. The molecule has 0 aliphatic rings. The third kappa shape index (κ3) is 5.58. The summed E-state index contributed by atoms with van der Waals surface area (Å²) >= 11 is 0. The van der Waals surface area contributed by atoms with E-state index in [4.69, 9.17) is 4.74 Å². The molecule has 0 spiro atoms. The van der Waals surface area contributed by atoms with E-state index < -0.39 is 10.0 Å². The molecule has 0 heterocycles. The lowest BCUT2D eigenvalue weighted by atomic mass is 10.2. The van der Waals surface area contributed by atoms with Crippen LogP contribution in [0, 0.1) is 0 Å². The highest BCUT2D eigenvalue weighted by molar-refractivity contribution is 7.92. The molecule has 0 saturated carbocycles. The summed E-state index contributed by atoms with van der Waals surface area (Å²) in [6.45, 7) is 2.59. The Morgan fingerprint density at radius 1 is 0.897 bits per heavy atom. The largest absolute Gasteiger partial charge is 0.494 e. The molecule has 0 saturated heterocycles. The number of carbonyl (C=O) groups excluding carboxylic acids is 1. The van der Waals surface area contributed by atoms with E-state index in [0.29, 0.717) is 29.3 Å². The SMILES string of the molecule is CCCOc1cccc(C(=O)Nc2ccc(S(=O)(=O)Nc3ccccc3)cc2)c1. The molecule has 6 nitrogen and oxygen atoms in total. The Morgan fingerprint density at radius 3 is 2.31 bits per heavy atom. The molecule has 3 aromatic rings. The highest BCUT2D eigenvalue weighted by Gasteiger charge is 2.14. The number of anilines is 2. The van der Waals surface area contributed by atoms with Crippen LogP contribution in [0.4, 0.5) is 11.4 Å². The minimum Gasteiger partial charge on any atom is -0.494 e. The normalized spacial score (nSPS) is 10.9. The van der Waals surface area contributed by atoms with E-state index in [0.717, 1.165) is 6.42 Å². The van der Waals surface area contributed by atoms with Crippen molar-refractivity contribution in [2.24, 2.45) is 0 Å². The second-order valence-corrected chi connectivity index (χ2v) is 8.01. The lowest BCUT2D eigenvalue weighted by Gasteiger charge is -2.10. The predicted octanol–water partition coefficient (Wildman–Crippen LogP) is 4.53. The maximum atomic E-state index is 12.5. The molecule has 0 aromatic heterocycles. The van der Waals surface area contributed by atoms with Crippen LogP contribution < -0.4 is 14.8 Å². The van der Waals surface area contributed by atoms with E-state index in [1.807, 2.05) is 6.92 Å². The van der Waals surface area contributed by atoms with Crippen LogP contribution in [0.1, 0.15) is 23.7 Å². The average Bonchev–Trinajstić information content (AvgIpc) is 2.73. The molecule has 0 atom stereocenters. The summed E-state index contributed by atoms with van der Waals surface area (Å²) in [4.78, 5) is 12.6. The molecule has 0 bridgehead atoms. The van der Waals surface area contributed by atoms with Gasteiger partial charge in [0.1, 0.15) is 5.75 Å². The van der Waals surface area contributed by atoms with E-state index in [1.54, 1.807) is 66.7 Å². The maximum Gasteiger partial charge on any atom is 0.261 e. The number of sulfonamides is 1. The first-order valence-corrected chi connectivity index (χ1v) is 10.7. The van der Waals surface area contributed by atoms with E-state index in [2.05, 4.69) is 10.0 Å². The van der Waals surface area contributed by atoms with Gasteiger partial charge in [0.25, 0.3) is 15.9 Å². The number of amides is 1. The summed E-state index contributed by atoms with van der Waals surface area (Å²) in [5, 5.41) is 2.76. The molecule has 3 rings (SSSR count). The van der Waals surface area contributed by atoms with Gasteiger partial charge in [0.05, 0.1) is 11.5 Å². The fraction of sp³-hybridized carbons (Fsp3) is 0.136. The number of benzene rings is 3. The van der Waals surface area contributed by atoms with Gasteiger partial charge >= 0.3 is 0 Å². The standard InChI is InChI=1S/C22H22N2O4S/c1-2-15-28-20-10-6-7-17(16-20)22(25)23-18-11-13-21(14-12-18)29(26,27)24-19-8-4-3-5-9-19/h3-14,16,24H,2,15H2,1H3,(H,23,25). The van der Waals surface area contributed by atoms with Gasteiger partial charge in [-0.25, -0.2) is 8.42 Å². The fourth-order valence-corrected chi connectivity index (χ4v) is 3.65. The van der Waals surface area contributed by atoms with Gasteiger partial charge in [-0.3, -0.25) is 9.52 Å². The highest BCUT2D eigenvalue weighted by Crippen LogP contribution is 2.19. The quantitative estimate of drug-likeness (QED) is 0.571. The Hall–Kier alpha value is -3.32. The smallest absolute Gasteiger partial charge is 0.261 e. The van der Waals surface area contributed by atoms with Gasteiger partial charge in [0.15, 0.2) is 0 Å². The molecule has 0 aliphatic heterocycles. The van der Waals surface area contributed by atoms with Crippen LogP contribution in [0.15, 0.2) is 83.8 Å². The number of hydrogen-bond donors (Lipinski definition) is 2. The summed E-state index contributed by atoms with van der Waals surface area (Å²) in [7, 11) is -3.70. The van der Waals surface area contributed by atoms with E-state index in [9.17, 15) is 13.2 Å². The second kappa shape index (κ2) is 9.25. The Bertz CT molecular complexity index is 1070. The van der Waals surface area contributed by atoms with Crippen molar-refractivity contribution in [3.63, 3.8) is 0 Å². The zero-order valence-corrected chi connectivity index (χ0v) is 16.8. The zero-order valence-electron chi connectivity index (χ0n) is 16.0. The van der Waals surface area contributed by atoms with Crippen molar-refractivity contribution in [2.45, 2.75) is 18.2 Å². The lowest BCUT2D eigenvalue weighted by Crippen LogP contribution is -2.14. The molecule has 29 heavy (non-hydrogen) atoms. The van der Waals surface area contributed by atoms with Crippen molar-refractivity contribution in [3.8, 4) is 5.75 Å². The van der Waals surface area contributed by atoms with Gasteiger partial charge in [0.2, 0.25) is 0 Å². The Morgan fingerprint density at radius 2 is 1.62 bits per heavy atom. The summed E-state index contributed by atoms with van der Waals surface area (Å²) < 4.78 is 33.0. The number of para-hydroxylation sites is 1. The molecule has 7 heteroatoms. The van der Waals surface area contributed by atoms with Gasteiger partial charge in [0, 0.05) is 16.9 Å². The summed E-state index contributed by atoms with van der Waals surface area (Å²) in [6.07, 6.45) is 0.880. The van der Waals surface area contributed by atoms with Gasteiger partial charge in [-0.2, -0.15) is 0 Å². The third-order valence-corrected chi connectivity index (χ3v) is 5.41. The number of nitrogens with one attached hydrogen (secondary N) is 2. The molecule has 0 radical (unpaired) electrons. The third-order valence-electron chi connectivity index (χ3n) is 4.02. The number of carbonyl (C=O) groups is 1. The first kappa shape index (κ1) is 20.4. The molecule has 0 fully saturated rings. The average molecular weight is 410 g/mol. The van der Waals surface area contributed by atoms with Crippen LogP contribution in [-0.4, -0.2) is 20.9 Å².